The lowest BCUT2D eigenvalue weighted by Gasteiger charge is -2.26. The molecule has 2 heterocycles. The Kier molecular flexibility index (Phi) is 7.42. The SMILES string of the molecule is Cl.Cl.O=C(CN1CCNCC1)c1ccc[nH]1. The van der Waals surface area contributed by atoms with Crippen molar-refractivity contribution in [2.75, 3.05) is 32.7 Å². The van der Waals surface area contributed by atoms with Gasteiger partial charge >= 0.3 is 0 Å². The fourth-order valence-electron chi connectivity index (χ4n) is 1.66. The lowest BCUT2D eigenvalue weighted by Crippen LogP contribution is -2.45. The van der Waals surface area contributed by atoms with Gasteiger partial charge in [0.05, 0.1) is 12.2 Å². The second-order valence-electron chi connectivity index (χ2n) is 3.53. The highest BCUT2D eigenvalue weighted by atomic mass is 35.5. The Balaban J connectivity index is 0.00000112. The molecule has 1 aliphatic rings. The molecule has 0 unspecified atom stereocenters. The number of carbonyl (C=O) groups is 1. The van der Waals surface area contributed by atoms with Crippen molar-refractivity contribution in [3.05, 3.63) is 24.0 Å². The van der Waals surface area contributed by atoms with E-state index >= 15 is 0 Å². The van der Waals surface area contributed by atoms with Crippen molar-refractivity contribution in [1.29, 1.82) is 0 Å². The van der Waals surface area contributed by atoms with Crippen LogP contribution in [0.4, 0.5) is 0 Å². The molecular formula is C10H17Cl2N3O. The molecule has 0 spiro atoms. The molecule has 1 aromatic heterocycles. The molecule has 1 saturated heterocycles. The molecule has 16 heavy (non-hydrogen) atoms. The predicted molar refractivity (Wildman–Crippen MR) is 68.9 cm³/mol. The molecule has 0 saturated carbocycles. The molecule has 2 N–H and O–H groups in total. The number of aromatic nitrogens is 1. The van der Waals surface area contributed by atoms with Crippen LogP contribution in [0.15, 0.2) is 18.3 Å². The van der Waals surface area contributed by atoms with Crippen molar-refractivity contribution < 1.29 is 4.79 Å². The molecule has 0 radical (unpaired) electrons. The lowest BCUT2D eigenvalue weighted by atomic mass is 10.2. The lowest BCUT2D eigenvalue weighted by molar-refractivity contribution is 0.0917. The molecule has 4 nitrogen and oxygen atoms in total. The van der Waals surface area contributed by atoms with Gasteiger partial charge in [0.25, 0.3) is 0 Å². The first-order valence-corrected chi connectivity index (χ1v) is 4.96. The van der Waals surface area contributed by atoms with E-state index in [9.17, 15) is 4.79 Å². The third kappa shape index (κ3) is 4.14. The van der Waals surface area contributed by atoms with Gasteiger partial charge in [0.1, 0.15) is 0 Å². The number of aromatic amines is 1. The number of Topliss-reactive ketones (excluding diaryl/α,β-unsaturated/α-hetero) is 1. The van der Waals surface area contributed by atoms with Crippen LogP contribution in [0.5, 0.6) is 0 Å². The fraction of sp³-hybridized carbons (Fsp3) is 0.500. The Morgan fingerprint density at radius 2 is 2.00 bits per heavy atom. The number of ketones is 1. The third-order valence-electron chi connectivity index (χ3n) is 2.48. The number of nitrogens with one attached hydrogen (secondary N) is 2. The zero-order valence-electron chi connectivity index (χ0n) is 8.94. The smallest absolute Gasteiger partial charge is 0.192 e. The Bertz CT molecular complexity index is 297. The second kappa shape index (κ2) is 7.68. The van der Waals surface area contributed by atoms with Crippen molar-refractivity contribution in [2.24, 2.45) is 0 Å². The van der Waals surface area contributed by atoms with Gasteiger partial charge in [0.2, 0.25) is 0 Å². The predicted octanol–water partition coefficient (Wildman–Crippen LogP) is 0.946. The van der Waals surface area contributed by atoms with Gasteiger partial charge in [-0.15, -0.1) is 24.8 Å². The van der Waals surface area contributed by atoms with E-state index in [1.54, 1.807) is 6.20 Å². The zero-order valence-corrected chi connectivity index (χ0v) is 10.6. The number of piperazine rings is 1. The number of rotatable bonds is 3. The van der Waals surface area contributed by atoms with E-state index in [2.05, 4.69) is 15.2 Å². The minimum Gasteiger partial charge on any atom is -0.359 e. The van der Waals surface area contributed by atoms with Crippen LogP contribution in [0.25, 0.3) is 0 Å². The summed E-state index contributed by atoms with van der Waals surface area (Å²) in [5, 5.41) is 3.26. The van der Waals surface area contributed by atoms with E-state index in [-0.39, 0.29) is 30.6 Å². The molecule has 1 fully saturated rings. The van der Waals surface area contributed by atoms with Crippen molar-refractivity contribution in [3.8, 4) is 0 Å². The molecule has 92 valence electrons. The summed E-state index contributed by atoms with van der Waals surface area (Å²) in [5.74, 6) is 0.178. The summed E-state index contributed by atoms with van der Waals surface area (Å²) < 4.78 is 0. The van der Waals surface area contributed by atoms with E-state index in [1.165, 1.54) is 0 Å². The van der Waals surface area contributed by atoms with E-state index in [1.807, 2.05) is 12.1 Å². The first-order chi connectivity index (χ1) is 6.86. The number of nitrogens with zero attached hydrogens (tertiary/aromatic N) is 1. The molecule has 0 amide bonds. The van der Waals surface area contributed by atoms with Crippen LogP contribution in [0.2, 0.25) is 0 Å². The summed E-state index contributed by atoms with van der Waals surface area (Å²) in [6, 6.07) is 3.68. The average molecular weight is 266 g/mol. The normalized spacial score (nSPS) is 16.0. The monoisotopic (exact) mass is 265 g/mol. The van der Waals surface area contributed by atoms with Gasteiger partial charge < -0.3 is 10.3 Å². The maximum Gasteiger partial charge on any atom is 0.192 e. The van der Waals surface area contributed by atoms with Crippen LogP contribution in [0.1, 0.15) is 10.5 Å². The molecule has 2 rings (SSSR count). The maximum absolute atomic E-state index is 11.7. The highest BCUT2D eigenvalue weighted by molar-refractivity contribution is 5.95. The van der Waals surface area contributed by atoms with Crippen LogP contribution >= 0.6 is 24.8 Å². The molecule has 0 atom stereocenters. The van der Waals surface area contributed by atoms with Gasteiger partial charge in [-0.25, -0.2) is 0 Å². The Morgan fingerprint density at radius 1 is 1.31 bits per heavy atom. The van der Waals surface area contributed by atoms with Crippen molar-refractivity contribution >= 4 is 30.6 Å². The highest BCUT2D eigenvalue weighted by Crippen LogP contribution is 1.99. The summed E-state index contributed by atoms with van der Waals surface area (Å²) in [7, 11) is 0. The molecule has 0 aromatic carbocycles. The van der Waals surface area contributed by atoms with Crippen LogP contribution in [-0.2, 0) is 0 Å². The Hall–Kier alpha value is -0.550. The summed E-state index contributed by atoms with van der Waals surface area (Å²) >= 11 is 0. The Morgan fingerprint density at radius 3 is 2.56 bits per heavy atom. The van der Waals surface area contributed by atoms with E-state index in [0.29, 0.717) is 12.2 Å². The zero-order chi connectivity index (χ0) is 9.80. The van der Waals surface area contributed by atoms with Gasteiger partial charge in [-0.3, -0.25) is 9.69 Å². The minimum absolute atomic E-state index is 0. The van der Waals surface area contributed by atoms with Crippen LogP contribution in [-0.4, -0.2) is 48.4 Å². The number of H-pyrrole nitrogens is 1. The number of hydrogen-bond donors (Lipinski definition) is 2. The van der Waals surface area contributed by atoms with Gasteiger partial charge in [-0.1, -0.05) is 0 Å². The highest BCUT2D eigenvalue weighted by Gasteiger charge is 2.14. The third-order valence-corrected chi connectivity index (χ3v) is 2.48. The number of carbonyl (C=O) groups excluding carboxylic acids is 1. The fourth-order valence-corrected chi connectivity index (χ4v) is 1.66. The average Bonchev–Trinajstić information content (AvgIpc) is 2.72. The quantitative estimate of drug-likeness (QED) is 0.801. The summed E-state index contributed by atoms with van der Waals surface area (Å²) in [6.45, 7) is 4.43. The second-order valence-corrected chi connectivity index (χ2v) is 3.53. The first-order valence-electron chi connectivity index (χ1n) is 4.96. The van der Waals surface area contributed by atoms with Gasteiger partial charge in [-0.2, -0.15) is 0 Å². The van der Waals surface area contributed by atoms with Crippen LogP contribution in [0, 0.1) is 0 Å². The maximum atomic E-state index is 11.7. The summed E-state index contributed by atoms with van der Waals surface area (Å²) in [6.07, 6.45) is 1.78. The van der Waals surface area contributed by atoms with Gasteiger partial charge in [0, 0.05) is 32.4 Å². The molecule has 1 aliphatic heterocycles. The molecule has 0 bridgehead atoms. The van der Waals surface area contributed by atoms with Crippen molar-refractivity contribution in [2.45, 2.75) is 0 Å². The van der Waals surface area contributed by atoms with Crippen molar-refractivity contribution in [1.82, 2.24) is 15.2 Å². The largest absolute Gasteiger partial charge is 0.359 e. The standard InChI is InChI=1S/C10H15N3O.2ClH/c14-10(9-2-1-3-12-9)8-13-6-4-11-5-7-13;;/h1-3,11-12H,4-8H2;2*1H. The number of hydrogen-bond acceptors (Lipinski definition) is 3. The number of halogens is 2. The first kappa shape index (κ1) is 15.4. The van der Waals surface area contributed by atoms with E-state index in [4.69, 9.17) is 0 Å². The molecule has 0 aliphatic carbocycles. The van der Waals surface area contributed by atoms with Crippen LogP contribution in [0.3, 0.4) is 0 Å². The summed E-state index contributed by atoms with van der Waals surface area (Å²) in [5.41, 5.74) is 0.712. The topological polar surface area (TPSA) is 48.1 Å². The van der Waals surface area contributed by atoms with E-state index < -0.39 is 0 Å². The molecule has 1 aromatic rings. The van der Waals surface area contributed by atoms with Crippen LogP contribution < -0.4 is 5.32 Å². The minimum atomic E-state index is 0. The van der Waals surface area contributed by atoms with Gasteiger partial charge in [0.15, 0.2) is 5.78 Å². The summed E-state index contributed by atoms with van der Waals surface area (Å²) in [4.78, 5) is 16.8. The van der Waals surface area contributed by atoms with Crippen molar-refractivity contribution in [3.63, 3.8) is 0 Å². The molecular weight excluding hydrogens is 249 g/mol. The van der Waals surface area contributed by atoms with Gasteiger partial charge in [-0.05, 0) is 12.1 Å². The molecule has 6 heteroatoms. The Labute approximate surface area is 108 Å². The van der Waals surface area contributed by atoms with E-state index in [0.717, 1.165) is 26.2 Å².